The van der Waals surface area contributed by atoms with Gasteiger partial charge in [-0.2, -0.15) is 0 Å². The molecule has 0 fully saturated rings. The van der Waals surface area contributed by atoms with Crippen LogP contribution in [0.5, 0.6) is 0 Å². The van der Waals surface area contributed by atoms with Gasteiger partial charge in [0, 0.05) is 35.9 Å². The average molecular weight is 381 g/mol. The van der Waals surface area contributed by atoms with E-state index in [4.69, 9.17) is 4.74 Å². The molecular weight excluding hydrogens is 361 g/mol. The number of aryl methyl sites for hydroxylation is 2. The number of halogens is 1. The van der Waals surface area contributed by atoms with Crippen molar-refractivity contribution in [3.8, 4) is 0 Å². The van der Waals surface area contributed by atoms with Crippen molar-refractivity contribution in [2.24, 2.45) is 0 Å². The second-order valence-electron chi connectivity index (χ2n) is 6.40. The van der Waals surface area contributed by atoms with Gasteiger partial charge in [-0.25, -0.2) is 14.2 Å². The molecule has 0 atom stereocenters. The first-order valence-corrected chi connectivity index (χ1v) is 8.83. The molecule has 2 aromatic heterocycles. The summed E-state index contributed by atoms with van der Waals surface area (Å²) in [6.07, 6.45) is 4.83. The fourth-order valence-electron chi connectivity index (χ4n) is 3.01. The Hall–Kier alpha value is -3.35. The third kappa shape index (κ3) is 4.49. The van der Waals surface area contributed by atoms with Crippen LogP contribution in [0.1, 0.15) is 37.8 Å². The van der Waals surface area contributed by atoms with Crippen molar-refractivity contribution in [3.63, 3.8) is 0 Å². The minimum absolute atomic E-state index is 0.0556. The van der Waals surface area contributed by atoms with Gasteiger partial charge in [0.05, 0.1) is 6.20 Å². The molecule has 144 valence electrons. The number of carbonyl (C=O) groups is 2. The summed E-state index contributed by atoms with van der Waals surface area (Å²) in [4.78, 5) is 32.1. The Labute approximate surface area is 162 Å². The Morgan fingerprint density at radius 3 is 2.57 bits per heavy atom. The summed E-state index contributed by atoms with van der Waals surface area (Å²) in [6.45, 7) is 4.07. The molecule has 0 unspecified atom stereocenters. The van der Waals surface area contributed by atoms with E-state index in [1.165, 1.54) is 30.7 Å². The van der Waals surface area contributed by atoms with Crippen LogP contribution >= 0.6 is 0 Å². The topological polar surface area (TPSA) is 74.1 Å². The average Bonchev–Trinajstić information content (AvgIpc) is 3.00. The monoisotopic (exact) mass is 381 g/mol. The minimum atomic E-state index is -0.688. The molecule has 0 saturated heterocycles. The van der Waals surface area contributed by atoms with Gasteiger partial charge in [-0.3, -0.25) is 9.78 Å². The number of Topliss-reactive ketones (excluding diaryl/α,β-unsaturated/α-hetero) is 1. The number of rotatable bonds is 7. The molecule has 3 rings (SSSR count). The molecule has 2 heterocycles. The molecule has 0 aliphatic rings. The van der Waals surface area contributed by atoms with Crippen molar-refractivity contribution < 1.29 is 18.7 Å². The van der Waals surface area contributed by atoms with E-state index >= 15 is 0 Å². The van der Waals surface area contributed by atoms with Gasteiger partial charge in [0.1, 0.15) is 5.82 Å². The predicted molar refractivity (Wildman–Crippen MR) is 101 cm³/mol. The SMILES string of the molecule is Cc1cc(C(=O)COC(=O)c2cnccn2)c(C)n1CCc1ccc(F)cc1. The van der Waals surface area contributed by atoms with E-state index in [1.807, 2.05) is 18.4 Å². The molecule has 0 radical (unpaired) electrons. The minimum Gasteiger partial charge on any atom is -0.453 e. The Morgan fingerprint density at radius 1 is 1.14 bits per heavy atom. The molecule has 3 aromatic rings. The number of aromatic nitrogens is 3. The van der Waals surface area contributed by atoms with Crippen molar-refractivity contribution in [1.29, 1.82) is 0 Å². The molecule has 6 nitrogen and oxygen atoms in total. The molecule has 0 aliphatic carbocycles. The second-order valence-corrected chi connectivity index (χ2v) is 6.40. The quantitative estimate of drug-likeness (QED) is 0.464. The van der Waals surface area contributed by atoms with E-state index in [-0.39, 0.29) is 23.9 Å². The number of benzene rings is 1. The van der Waals surface area contributed by atoms with Gasteiger partial charge in [-0.15, -0.1) is 0 Å². The van der Waals surface area contributed by atoms with Crippen LogP contribution in [0.25, 0.3) is 0 Å². The maximum Gasteiger partial charge on any atom is 0.358 e. The van der Waals surface area contributed by atoms with Crippen LogP contribution in [0.4, 0.5) is 4.39 Å². The molecule has 0 bridgehead atoms. The van der Waals surface area contributed by atoms with Gasteiger partial charge in [0.25, 0.3) is 0 Å². The molecule has 0 saturated carbocycles. The molecule has 0 spiro atoms. The number of ether oxygens (including phenoxy) is 1. The van der Waals surface area contributed by atoms with Crippen molar-refractivity contribution in [3.05, 3.63) is 82.9 Å². The van der Waals surface area contributed by atoms with E-state index in [1.54, 1.807) is 18.2 Å². The van der Waals surface area contributed by atoms with Gasteiger partial charge >= 0.3 is 5.97 Å². The highest BCUT2D eigenvalue weighted by atomic mass is 19.1. The smallest absolute Gasteiger partial charge is 0.358 e. The Morgan fingerprint density at radius 2 is 1.89 bits per heavy atom. The number of ketones is 1. The third-order valence-electron chi connectivity index (χ3n) is 4.52. The maximum absolute atomic E-state index is 13.0. The lowest BCUT2D eigenvalue weighted by Gasteiger charge is -2.10. The van der Waals surface area contributed by atoms with Crippen LogP contribution in [0.15, 0.2) is 48.9 Å². The van der Waals surface area contributed by atoms with Crippen molar-refractivity contribution in [2.45, 2.75) is 26.8 Å². The van der Waals surface area contributed by atoms with Crippen molar-refractivity contribution >= 4 is 11.8 Å². The number of carbonyl (C=O) groups excluding carboxylic acids is 2. The van der Waals surface area contributed by atoms with Crippen LogP contribution in [-0.2, 0) is 17.7 Å². The van der Waals surface area contributed by atoms with E-state index < -0.39 is 5.97 Å². The zero-order valence-electron chi connectivity index (χ0n) is 15.7. The summed E-state index contributed by atoms with van der Waals surface area (Å²) in [5.74, 6) is -1.23. The first-order chi connectivity index (χ1) is 13.5. The van der Waals surface area contributed by atoms with E-state index in [9.17, 15) is 14.0 Å². The summed E-state index contributed by atoms with van der Waals surface area (Å²) in [5, 5.41) is 0. The van der Waals surface area contributed by atoms with E-state index in [0.717, 1.165) is 17.0 Å². The zero-order chi connectivity index (χ0) is 20.1. The summed E-state index contributed by atoms with van der Waals surface area (Å²) in [7, 11) is 0. The fourth-order valence-corrected chi connectivity index (χ4v) is 3.01. The molecule has 28 heavy (non-hydrogen) atoms. The number of hydrogen-bond acceptors (Lipinski definition) is 5. The number of hydrogen-bond donors (Lipinski definition) is 0. The highest BCUT2D eigenvalue weighted by Crippen LogP contribution is 2.17. The number of nitrogens with zero attached hydrogens (tertiary/aromatic N) is 3. The van der Waals surface area contributed by atoms with Gasteiger partial charge in [0.15, 0.2) is 12.3 Å². The maximum atomic E-state index is 13.0. The summed E-state index contributed by atoms with van der Waals surface area (Å²) >= 11 is 0. The van der Waals surface area contributed by atoms with Crippen LogP contribution < -0.4 is 0 Å². The van der Waals surface area contributed by atoms with Crippen molar-refractivity contribution in [2.75, 3.05) is 6.61 Å². The summed E-state index contributed by atoms with van der Waals surface area (Å²) in [5.41, 5.74) is 3.33. The molecule has 0 amide bonds. The standard InChI is InChI=1S/C21H20FN3O3/c1-14-11-18(20(26)13-28-21(27)19-12-23-8-9-24-19)15(2)25(14)10-7-16-3-5-17(22)6-4-16/h3-6,8-9,11-12H,7,10,13H2,1-2H3. The van der Waals surface area contributed by atoms with Crippen molar-refractivity contribution in [1.82, 2.24) is 14.5 Å². The Bertz CT molecular complexity index is 982. The van der Waals surface area contributed by atoms with Gasteiger partial charge in [-0.05, 0) is 44.0 Å². The normalized spacial score (nSPS) is 10.7. The molecule has 1 aromatic carbocycles. The molecule has 0 aliphatic heterocycles. The molecule has 7 heteroatoms. The Kier molecular flexibility index (Phi) is 5.93. The van der Waals surface area contributed by atoms with Crippen LogP contribution in [-0.4, -0.2) is 32.9 Å². The van der Waals surface area contributed by atoms with E-state index in [0.29, 0.717) is 18.5 Å². The lowest BCUT2D eigenvalue weighted by molar-refractivity contribution is 0.0468. The third-order valence-corrected chi connectivity index (χ3v) is 4.52. The Balaban J connectivity index is 1.64. The largest absolute Gasteiger partial charge is 0.453 e. The van der Waals surface area contributed by atoms with Gasteiger partial charge in [-0.1, -0.05) is 12.1 Å². The highest BCUT2D eigenvalue weighted by molar-refractivity contribution is 6.00. The fraction of sp³-hybridized carbons (Fsp3) is 0.238. The summed E-state index contributed by atoms with van der Waals surface area (Å²) < 4.78 is 20.1. The second kappa shape index (κ2) is 8.56. The van der Waals surface area contributed by atoms with Gasteiger partial charge in [0.2, 0.25) is 5.78 Å². The zero-order valence-corrected chi connectivity index (χ0v) is 15.7. The van der Waals surface area contributed by atoms with Crippen LogP contribution in [0.2, 0.25) is 0 Å². The first kappa shape index (κ1) is 19.4. The van der Waals surface area contributed by atoms with Gasteiger partial charge < -0.3 is 9.30 Å². The predicted octanol–water partition coefficient (Wildman–Crippen LogP) is 3.32. The van der Waals surface area contributed by atoms with Crippen LogP contribution in [0.3, 0.4) is 0 Å². The number of esters is 1. The van der Waals surface area contributed by atoms with E-state index in [2.05, 4.69) is 9.97 Å². The lowest BCUT2D eigenvalue weighted by atomic mass is 10.1. The summed E-state index contributed by atoms with van der Waals surface area (Å²) in [6, 6.07) is 8.16. The molecular formula is C21H20FN3O3. The highest BCUT2D eigenvalue weighted by Gasteiger charge is 2.18. The lowest BCUT2D eigenvalue weighted by Crippen LogP contribution is -2.16. The molecule has 0 N–H and O–H groups in total. The first-order valence-electron chi connectivity index (χ1n) is 8.83. The van der Waals surface area contributed by atoms with Crippen LogP contribution in [0, 0.1) is 19.7 Å².